The fraction of sp³-hybridized carbons (Fsp3) is 0.120. The highest BCUT2D eigenvalue weighted by molar-refractivity contribution is 6.02. The molecule has 0 saturated heterocycles. The van der Waals surface area contributed by atoms with Gasteiger partial charge in [-0.15, -0.1) is 10.2 Å². The summed E-state index contributed by atoms with van der Waals surface area (Å²) in [5, 5.41) is 15.5. The van der Waals surface area contributed by atoms with Crippen molar-refractivity contribution in [1.82, 2.24) is 20.0 Å². The van der Waals surface area contributed by atoms with Crippen LogP contribution in [0.4, 0.5) is 5.69 Å². The van der Waals surface area contributed by atoms with Gasteiger partial charge in [-0.2, -0.15) is 5.10 Å². The number of benzene rings is 2. The third kappa shape index (κ3) is 4.73. The summed E-state index contributed by atoms with van der Waals surface area (Å²) in [5.41, 5.74) is 3.37. The number of anilines is 1. The van der Waals surface area contributed by atoms with Gasteiger partial charge in [0.25, 0.3) is 0 Å². The molecule has 34 heavy (non-hydrogen) atoms. The Balaban J connectivity index is 1.17. The second kappa shape index (κ2) is 9.07. The van der Waals surface area contributed by atoms with Crippen molar-refractivity contribution in [2.24, 2.45) is 0 Å². The number of aryl methyl sites for hydroxylation is 2. The van der Waals surface area contributed by atoms with Crippen LogP contribution in [0.15, 0.2) is 66.7 Å². The van der Waals surface area contributed by atoms with E-state index in [4.69, 9.17) is 14.2 Å². The molecule has 9 heteroatoms. The minimum atomic E-state index is -0.253. The Bertz CT molecular complexity index is 1360. The summed E-state index contributed by atoms with van der Waals surface area (Å²) >= 11 is 0. The lowest BCUT2D eigenvalue weighted by atomic mass is 10.2. The van der Waals surface area contributed by atoms with Crippen molar-refractivity contribution in [3.05, 3.63) is 83.7 Å². The van der Waals surface area contributed by atoms with Crippen molar-refractivity contribution in [3.8, 4) is 28.9 Å². The van der Waals surface area contributed by atoms with Gasteiger partial charge < -0.3 is 19.5 Å². The van der Waals surface area contributed by atoms with Crippen LogP contribution < -0.4 is 19.5 Å². The first-order valence-electron chi connectivity index (χ1n) is 10.6. The molecule has 4 aromatic rings. The Morgan fingerprint density at radius 2 is 1.82 bits per heavy atom. The van der Waals surface area contributed by atoms with Crippen molar-refractivity contribution < 1.29 is 19.0 Å². The number of hydrogen-bond acceptors (Lipinski definition) is 7. The molecule has 0 fully saturated rings. The molecule has 3 heterocycles. The van der Waals surface area contributed by atoms with Crippen molar-refractivity contribution in [2.75, 3.05) is 12.1 Å². The average Bonchev–Trinajstić information content (AvgIpc) is 3.44. The third-order valence-corrected chi connectivity index (χ3v) is 5.02. The smallest absolute Gasteiger partial charge is 0.248 e. The fourth-order valence-corrected chi connectivity index (χ4v) is 3.44. The van der Waals surface area contributed by atoms with E-state index in [0.717, 1.165) is 17.0 Å². The number of amides is 1. The van der Waals surface area contributed by atoms with Crippen LogP contribution in [0.1, 0.15) is 17.0 Å². The number of rotatable bonds is 6. The molecule has 5 rings (SSSR count). The molecule has 0 unspecified atom stereocenters. The molecule has 0 aliphatic carbocycles. The van der Waals surface area contributed by atoms with E-state index in [0.29, 0.717) is 34.6 Å². The van der Waals surface area contributed by atoms with Crippen LogP contribution in [0.2, 0.25) is 0 Å². The second-order valence-electron chi connectivity index (χ2n) is 7.63. The maximum absolute atomic E-state index is 12.3. The zero-order valence-electron chi connectivity index (χ0n) is 18.6. The van der Waals surface area contributed by atoms with Crippen molar-refractivity contribution in [3.63, 3.8) is 0 Å². The van der Waals surface area contributed by atoms with Crippen molar-refractivity contribution in [2.45, 2.75) is 13.8 Å². The number of carbonyl (C=O) groups excluding carboxylic acids is 1. The Hall–Kier alpha value is -4.66. The normalized spacial score (nSPS) is 12.2. The van der Waals surface area contributed by atoms with Gasteiger partial charge in [-0.25, -0.2) is 4.68 Å². The van der Waals surface area contributed by atoms with Crippen molar-refractivity contribution >= 4 is 17.7 Å². The average molecular weight is 455 g/mol. The van der Waals surface area contributed by atoms with Crippen LogP contribution in [0.5, 0.6) is 23.1 Å². The zero-order valence-corrected chi connectivity index (χ0v) is 18.6. The first-order chi connectivity index (χ1) is 16.5. The van der Waals surface area contributed by atoms with Crippen LogP contribution in [0, 0.1) is 13.8 Å². The molecule has 9 nitrogen and oxygen atoms in total. The summed E-state index contributed by atoms with van der Waals surface area (Å²) in [7, 11) is 0. The van der Waals surface area contributed by atoms with E-state index in [9.17, 15) is 4.79 Å². The highest BCUT2D eigenvalue weighted by atomic mass is 16.7. The van der Waals surface area contributed by atoms with Crippen molar-refractivity contribution in [1.29, 1.82) is 0 Å². The Morgan fingerprint density at radius 3 is 2.56 bits per heavy atom. The molecule has 1 amide bonds. The zero-order chi connectivity index (χ0) is 23.5. The molecule has 2 aromatic carbocycles. The number of nitrogens with zero attached hydrogens (tertiary/aromatic N) is 4. The fourth-order valence-electron chi connectivity index (χ4n) is 3.44. The Kier molecular flexibility index (Phi) is 5.65. The van der Waals surface area contributed by atoms with Crippen LogP contribution in [-0.4, -0.2) is 32.7 Å². The summed E-state index contributed by atoms with van der Waals surface area (Å²) in [6.07, 6.45) is 3.17. The highest BCUT2D eigenvalue weighted by Crippen LogP contribution is 2.32. The lowest BCUT2D eigenvalue weighted by Gasteiger charge is -2.07. The van der Waals surface area contributed by atoms with Crippen LogP contribution in [0.25, 0.3) is 11.9 Å². The summed E-state index contributed by atoms with van der Waals surface area (Å²) in [6.45, 7) is 4.10. The maximum Gasteiger partial charge on any atom is 0.248 e. The molecular weight excluding hydrogens is 434 g/mol. The van der Waals surface area contributed by atoms with Crippen LogP contribution in [-0.2, 0) is 4.79 Å². The number of aromatic nitrogens is 4. The molecule has 0 bridgehead atoms. The quantitative estimate of drug-likeness (QED) is 0.429. The lowest BCUT2D eigenvalue weighted by molar-refractivity contribution is -0.111. The van der Waals surface area contributed by atoms with Crippen LogP contribution in [0.3, 0.4) is 0 Å². The predicted octanol–water partition coefficient (Wildman–Crippen LogP) is 4.45. The molecule has 1 aliphatic heterocycles. The number of carbonyl (C=O) groups is 1. The molecule has 0 spiro atoms. The summed E-state index contributed by atoms with van der Waals surface area (Å²) in [6, 6.07) is 18.0. The number of nitrogens with one attached hydrogen (secondary N) is 1. The minimum absolute atomic E-state index is 0.214. The van der Waals surface area contributed by atoms with Gasteiger partial charge in [0.2, 0.25) is 18.6 Å². The molecule has 1 N–H and O–H groups in total. The van der Waals surface area contributed by atoms with E-state index in [2.05, 4.69) is 20.6 Å². The standard InChI is InChI=1S/C25H21N5O4/c1-16-13-17(2)30(29-16)23-10-12-25(28-27-23)34-20-7-5-19(6-8-20)26-24(31)11-4-18-3-9-21-22(14-18)33-15-32-21/h3-14H,15H2,1-2H3,(H,26,31)/b11-4+. The van der Waals surface area contributed by atoms with E-state index in [1.165, 1.54) is 6.08 Å². The SMILES string of the molecule is Cc1cc(C)n(-c2ccc(Oc3ccc(NC(=O)/C=C/c4ccc5c(c4)OCO5)cc3)nn2)n1. The summed E-state index contributed by atoms with van der Waals surface area (Å²) < 4.78 is 18.1. The van der Waals surface area contributed by atoms with E-state index < -0.39 is 0 Å². The lowest BCUT2D eigenvalue weighted by Crippen LogP contribution is -2.07. The molecule has 1 aliphatic rings. The Morgan fingerprint density at radius 1 is 1.00 bits per heavy atom. The van der Waals surface area contributed by atoms with Gasteiger partial charge >= 0.3 is 0 Å². The van der Waals surface area contributed by atoms with E-state index in [-0.39, 0.29) is 12.7 Å². The predicted molar refractivity (Wildman–Crippen MR) is 125 cm³/mol. The summed E-state index contributed by atoms with van der Waals surface area (Å²) in [5.74, 6) is 2.66. The highest BCUT2D eigenvalue weighted by Gasteiger charge is 2.12. The number of hydrogen-bond donors (Lipinski definition) is 1. The second-order valence-corrected chi connectivity index (χ2v) is 7.63. The molecule has 0 saturated carbocycles. The monoisotopic (exact) mass is 455 g/mol. The Labute approximate surface area is 195 Å². The van der Waals surface area contributed by atoms with Crippen LogP contribution >= 0.6 is 0 Å². The van der Waals surface area contributed by atoms with Gasteiger partial charge in [0.1, 0.15) is 5.75 Å². The number of ether oxygens (including phenoxy) is 3. The minimum Gasteiger partial charge on any atom is -0.454 e. The topological polar surface area (TPSA) is 100 Å². The first-order valence-corrected chi connectivity index (χ1v) is 10.6. The molecule has 170 valence electrons. The van der Waals surface area contributed by atoms with Gasteiger partial charge in [0.15, 0.2) is 17.3 Å². The maximum atomic E-state index is 12.3. The van der Waals surface area contributed by atoms with Gasteiger partial charge in [-0.3, -0.25) is 4.79 Å². The number of fused-ring (bicyclic) bond motifs is 1. The van der Waals surface area contributed by atoms with Gasteiger partial charge in [0.05, 0.1) is 5.69 Å². The van der Waals surface area contributed by atoms with E-state index in [1.54, 1.807) is 47.2 Å². The largest absolute Gasteiger partial charge is 0.454 e. The molecule has 0 radical (unpaired) electrons. The van der Waals surface area contributed by atoms with Gasteiger partial charge in [-0.1, -0.05) is 6.07 Å². The van der Waals surface area contributed by atoms with Gasteiger partial charge in [-0.05, 0) is 74.0 Å². The van der Waals surface area contributed by atoms with E-state index in [1.807, 2.05) is 38.1 Å². The third-order valence-electron chi connectivity index (χ3n) is 5.02. The van der Waals surface area contributed by atoms with E-state index >= 15 is 0 Å². The first kappa shape index (κ1) is 21.2. The molecular formula is C25H21N5O4. The summed E-state index contributed by atoms with van der Waals surface area (Å²) in [4.78, 5) is 12.3. The van der Waals surface area contributed by atoms with Gasteiger partial charge in [0, 0.05) is 23.5 Å². The molecule has 0 atom stereocenters. The molecule has 2 aromatic heterocycles.